The molecule has 1 aliphatic rings. The first-order valence-corrected chi connectivity index (χ1v) is 9.01. The molecule has 1 aliphatic heterocycles. The Bertz CT molecular complexity index is 708. The van der Waals surface area contributed by atoms with Crippen LogP contribution >= 0.6 is 0 Å². The molecule has 0 aromatic heterocycles. The van der Waals surface area contributed by atoms with Crippen LogP contribution in [0.4, 0.5) is 11.4 Å². The maximum absolute atomic E-state index is 12.7. The maximum Gasteiger partial charge on any atom is 0.314 e. The van der Waals surface area contributed by atoms with E-state index < -0.39 is 4.92 Å². The van der Waals surface area contributed by atoms with Gasteiger partial charge in [-0.3, -0.25) is 19.7 Å². The number of carbonyl (C=O) groups is 2. The van der Waals surface area contributed by atoms with Gasteiger partial charge in [0.25, 0.3) is 11.6 Å². The van der Waals surface area contributed by atoms with Gasteiger partial charge in [-0.05, 0) is 32.8 Å². The van der Waals surface area contributed by atoms with Gasteiger partial charge >= 0.3 is 5.97 Å². The number of piperidine rings is 1. The fourth-order valence-electron chi connectivity index (χ4n) is 3.27. The topological polar surface area (TPSA) is 112 Å². The smallest absolute Gasteiger partial charge is 0.314 e. The van der Waals surface area contributed by atoms with Crippen molar-refractivity contribution in [1.82, 2.24) is 0 Å². The van der Waals surface area contributed by atoms with Crippen LogP contribution in [0, 0.1) is 16.0 Å². The van der Waals surface area contributed by atoms with Crippen LogP contribution in [0.2, 0.25) is 0 Å². The number of rotatable bonds is 7. The van der Waals surface area contributed by atoms with Gasteiger partial charge in [-0.15, -0.1) is 0 Å². The Hall–Kier alpha value is -2.68. The molecule has 9 heteroatoms. The molecule has 3 atom stereocenters. The lowest BCUT2D eigenvalue weighted by Gasteiger charge is -2.32. The molecular weight excluding hydrogens is 354 g/mol. The highest BCUT2D eigenvalue weighted by molar-refractivity contribution is 5.95. The van der Waals surface area contributed by atoms with E-state index in [2.05, 4.69) is 5.32 Å². The van der Waals surface area contributed by atoms with E-state index in [9.17, 15) is 19.7 Å². The minimum absolute atomic E-state index is 0.114. The standard InChI is InChI=1S/C18H25N3O6/c1-4-27-18(23)13-6-5-9-20(11-13)12(2)17(22)19-15-8-7-14(21(24)25)10-16(15)26-3/h7-8,10,12-13H,4-6,9,11H2,1-3H3,(H,19,22)/p+1/t12-,13+/m0/s1. The van der Waals surface area contributed by atoms with E-state index in [4.69, 9.17) is 9.47 Å². The number of benzene rings is 1. The van der Waals surface area contributed by atoms with Gasteiger partial charge in [0, 0.05) is 6.07 Å². The minimum Gasteiger partial charge on any atom is -0.494 e. The summed E-state index contributed by atoms with van der Waals surface area (Å²) < 4.78 is 10.3. The predicted molar refractivity (Wildman–Crippen MR) is 97.8 cm³/mol. The van der Waals surface area contributed by atoms with Crippen LogP contribution in [0.5, 0.6) is 5.75 Å². The number of amides is 1. The number of hydrogen-bond acceptors (Lipinski definition) is 6. The molecule has 1 heterocycles. The van der Waals surface area contributed by atoms with Gasteiger partial charge in [0.05, 0.1) is 43.5 Å². The third-order valence-corrected chi connectivity index (χ3v) is 4.84. The summed E-state index contributed by atoms with van der Waals surface area (Å²) >= 11 is 0. The van der Waals surface area contributed by atoms with Crippen LogP contribution in [0.15, 0.2) is 18.2 Å². The number of nitrogens with one attached hydrogen (secondary N) is 2. The Morgan fingerprint density at radius 1 is 1.44 bits per heavy atom. The van der Waals surface area contributed by atoms with Gasteiger partial charge in [-0.25, -0.2) is 0 Å². The van der Waals surface area contributed by atoms with Gasteiger partial charge in [0.2, 0.25) is 0 Å². The lowest BCUT2D eigenvalue weighted by molar-refractivity contribution is -0.921. The Labute approximate surface area is 157 Å². The molecule has 2 rings (SSSR count). The van der Waals surface area contributed by atoms with Crippen LogP contribution in [0.1, 0.15) is 26.7 Å². The van der Waals surface area contributed by atoms with E-state index in [0.29, 0.717) is 18.8 Å². The molecule has 0 bridgehead atoms. The number of hydrogen-bond donors (Lipinski definition) is 2. The van der Waals surface area contributed by atoms with Crippen molar-refractivity contribution < 1.29 is 28.9 Å². The number of anilines is 1. The fourth-order valence-corrected chi connectivity index (χ4v) is 3.27. The summed E-state index contributed by atoms with van der Waals surface area (Å²) in [7, 11) is 1.39. The summed E-state index contributed by atoms with van der Waals surface area (Å²) in [4.78, 5) is 36.0. The number of non-ortho nitro benzene ring substituents is 1. The van der Waals surface area contributed by atoms with E-state index in [1.807, 2.05) is 0 Å². The van der Waals surface area contributed by atoms with Crippen LogP contribution in [0.25, 0.3) is 0 Å². The summed E-state index contributed by atoms with van der Waals surface area (Å²) in [5.41, 5.74) is 0.259. The molecule has 0 radical (unpaired) electrons. The molecule has 1 unspecified atom stereocenters. The zero-order valence-electron chi connectivity index (χ0n) is 15.8. The number of esters is 1. The Morgan fingerprint density at radius 2 is 2.19 bits per heavy atom. The monoisotopic (exact) mass is 380 g/mol. The second-order valence-electron chi connectivity index (χ2n) is 6.56. The molecule has 148 valence electrons. The first-order valence-electron chi connectivity index (χ1n) is 9.01. The molecule has 1 saturated heterocycles. The Balaban J connectivity index is 2.05. The zero-order valence-corrected chi connectivity index (χ0v) is 15.8. The number of carbonyl (C=O) groups excluding carboxylic acids is 2. The molecule has 0 aliphatic carbocycles. The van der Waals surface area contributed by atoms with Crippen molar-refractivity contribution in [2.24, 2.45) is 5.92 Å². The number of nitro benzene ring substituents is 1. The highest BCUT2D eigenvalue weighted by atomic mass is 16.6. The van der Waals surface area contributed by atoms with Crippen LogP contribution < -0.4 is 15.0 Å². The van der Waals surface area contributed by atoms with Crippen LogP contribution in [-0.4, -0.2) is 49.6 Å². The molecule has 2 N–H and O–H groups in total. The first kappa shape index (κ1) is 20.6. The van der Waals surface area contributed by atoms with Crippen molar-refractivity contribution in [3.63, 3.8) is 0 Å². The van der Waals surface area contributed by atoms with E-state index in [1.54, 1.807) is 13.8 Å². The second kappa shape index (κ2) is 9.31. The lowest BCUT2D eigenvalue weighted by atomic mass is 9.97. The third kappa shape index (κ3) is 5.16. The Morgan fingerprint density at radius 3 is 2.81 bits per heavy atom. The van der Waals surface area contributed by atoms with Crippen LogP contribution in [0.3, 0.4) is 0 Å². The van der Waals surface area contributed by atoms with Gasteiger partial charge in [0.15, 0.2) is 6.04 Å². The summed E-state index contributed by atoms with van der Waals surface area (Å²) in [6.45, 7) is 5.27. The van der Waals surface area contributed by atoms with Crippen LogP contribution in [-0.2, 0) is 14.3 Å². The van der Waals surface area contributed by atoms with E-state index in [0.717, 1.165) is 24.3 Å². The minimum atomic E-state index is -0.524. The number of quaternary nitrogens is 1. The fraction of sp³-hybridized carbons (Fsp3) is 0.556. The van der Waals surface area contributed by atoms with E-state index in [1.165, 1.54) is 25.3 Å². The highest BCUT2D eigenvalue weighted by Crippen LogP contribution is 2.29. The molecule has 0 spiro atoms. The van der Waals surface area contributed by atoms with Crippen molar-refractivity contribution in [1.29, 1.82) is 0 Å². The summed E-state index contributed by atoms with van der Waals surface area (Å²) in [6.07, 6.45) is 1.62. The molecule has 1 fully saturated rings. The SMILES string of the molecule is CCOC(=O)[C@@H]1CCC[NH+]([C@@H](C)C(=O)Nc2ccc([N+](=O)[O-])cc2OC)C1. The maximum atomic E-state index is 12.7. The van der Waals surface area contributed by atoms with Crippen molar-refractivity contribution in [3.05, 3.63) is 28.3 Å². The number of nitro groups is 1. The molecule has 1 aromatic rings. The number of ether oxygens (including phenoxy) is 2. The number of likely N-dealkylation sites (tertiary alicyclic amines) is 1. The average Bonchev–Trinajstić information content (AvgIpc) is 2.67. The third-order valence-electron chi connectivity index (χ3n) is 4.84. The molecule has 1 aromatic carbocycles. The van der Waals surface area contributed by atoms with Crippen molar-refractivity contribution in [2.75, 3.05) is 32.1 Å². The number of methoxy groups -OCH3 is 1. The predicted octanol–water partition coefficient (Wildman–Crippen LogP) is 0.788. The normalized spacial score (nSPS) is 20.4. The van der Waals surface area contributed by atoms with Crippen molar-refractivity contribution in [3.8, 4) is 5.75 Å². The van der Waals surface area contributed by atoms with Crippen molar-refractivity contribution >= 4 is 23.3 Å². The lowest BCUT2D eigenvalue weighted by Crippen LogP contribution is -3.18. The second-order valence-corrected chi connectivity index (χ2v) is 6.56. The number of nitrogens with zero attached hydrogens (tertiary/aromatic N) is 1. The largest absolute Gasteiger partial charge is 0.494 e. The average molecular weight is 380 g/mol. The molecular formula is C18H26N3O6+. The molecule has 27 heavy (non-hydrogen) atoms. The Kier molecular flexibility index (Phi) is 7.12. The molecule has 1 amide bonds. The van der Waals surface area contributed by atoms with E-state index in [-0.39, 0.29) is 35.3 Å². The molecule has 9 nitrogen and oxygen atoms in total. The van der Waals surface area contributed by atoms with Gasteiger partial charge in [-0.1, -0.05) is 0 Å². The molecule has 0 saturated carbocycles. The van der Waals surface area contributed by atoms with Gasteiger partial charge < -0.3 is 19.7 Å². The van der Waals surface area contributed by atoms with Gasteiger partial charge in [0.1, 0.15) is 11.7 Å². The van der Waals surface area contributed by atoms with E-state index >= 15 is 0 Å². The first-order chi connectivity index (χ1) is 12.9. The van der Waals surface area contributed by atoms with Crippen molar-refractivity contribution in [2.45, 2.75) is 32.7 Å². The summed E-state index contributed by atoms with van der Waals surface area (Å²) in [5, 5.41) is 13.6. The highest BCUT2D eigenvalue weighted by Gasteiger charge is 2.35. The summed E-state index contributed by atoms with van der Waals surface area (Å²) in [5.74, 6) is -0.415. The quantitative estimate of drug-likeness (QED) is 0.411. The summed E-state index contributed by atoms with van der Waals surface area (Å²) in [6, 6.07) is 3.65. The zero-order chi connectivity index (χ0) is 20.0. The van der Waals surface area contributed by atoms with Gasteiger partial charge in [-0.2, -0.15) is 0 Å².